The minimum Gasteiger partial charge on any atom is -0.379 e. The van der Waals surface area contributed by atoms with Crippen molar-refractivity contribution in [3.63, 3.8) is 0 Å². The van der Waals surface area contributed by atoms with Crippen molar-refractivity contribution >= 4 is 28.6 Å². The van der Waals surface area contributed by atoms with Gasteiger partial charge in [0.05, 0.1) is 17.2 Å². The molecule has 0 aliphatic carbocycles. The fraction of sp³-hybridized carbons (Fsp3) is 0.308. The zero-order valence-electron chi connectivity index (χ0n) is 9.96. The van der Waals surface area contributed by atoms with E-state index in [-0.39, 0.29) is 0 Å². The van der Waals surface area contributed by atoms with Gasteiger partial charge in [-0.1, -0.05) is 24.6 Å². The molecule has 2 rings (SSSR count). The van der Waals surface area contributed by atoms with Crippen LogP contribution in [0.1, 0.15) is 23.2 Å². The van der Waals surface area contributed by atoms with Gasteiger partial charge in [-0.3, -0.25) is 0 Å². The molecule has 17 heavy (non-hydrogen) atoms. The molecule has 1 heterocycles. The van der Waals surface area contributed by atoms with Gasteiger partial charge >= 0.3 is 0 Å². The lowest BCUT2D eigenvalue weighted by Gasteiger charge is -2.08. The second-order valence-electron chi connectivity index (χ2n) is 3.90. The zero-order valence-corrected chi connectivity index (χ0v) is 11.5. The van der Waals surface area contributed by atoms with Crippen molar-refractivity contribution in [1.29, 1.82) is 0 Å². The molecule has 1 aromatic carbocycles. The van der Waals surface area contributed by atoms with E-state index in [2.05, 4.69) is 29.5 Å². The number of rotatable bonds is 4. The van der Waals surface area contributed by atoms with Gasteiger partial charge in [0.15, 0.2) is 0 Å². The molecule has 0 spiro atoms. The van der Waals surface area contributed by atoms with Crippen LogP contribution in [0, 0.1) is 6.92 Å². The summed E-state index contributed by atoms with van der Waals surface area (Å²) in [6.07, 6.45) is 1.00. The van der Waals surface area contributed by atoms with Crippen LogP contribution in [0.4, 0.5) is 5.69 Å². The van der Waals surface area contributed by atoms with E-state index in [1.165, 1.54) is 10.6 Å². The lowest BCUT2D eigenvalue weighted by atomic mass is 10.2. The van der Waals surface area contributed by atoms with Gasteiger partial charge in [-0.15, -0.1) is 11.3 Å². The van der Waals surface area contributed by atoms with Crippen molar-refractivity contribution in [3.8, 4) is 0 Å². The Bertz CT molecular complexity index is 508. The van der Waals surface area contributed by atoms with Gasteiger partial charge in [-0.25, -0.2) is 4.98 Å². The molecule has 4 heteroatoms. The smallest absolute Gasteiger partial charge is 0.0926 e. The Kier molecular flexibility index (Phi) is 4.02. The van der Waals surface area contributed by atoms with Crippen molar-refractivity contribution in [2.24, 2.45) is 0 Å². The Morgan fingerprint density at radius 1 is 1.41 bits per heavy atom. The Balaban J connectivity index is 2.04. The molecule has 1 aromatic heterocycles. The summed E-state index contributed by atoms with van der Waals surface area (Å²) in [5, 5.41) is 7.41. The highest BCUT2D eigenvalue weighted by Crippen LogP contribution is 2.21. The summed E-state index contributed by atoms with van der Waals surface area (Å²) in [4.78, 5) is 4.52. The molecule has 0 saturated carbocycles. The molecule has 0 aliphatic heterocycles. The highest BCUT2D eigenvalue weighted by atomic mass is 35.5. The molecule has 1 N–H and O–H groups in total. The van der Waals surface area contributed by atoms with E-state index < -0.39 is 0 Å². The minimum absolute atomic E-state index is 0.748. The average Bonchev–Trinajstić information content (AvgIpc) is 2.78. The molecule has 0 aliphatic rings. The molecule has 0 atom stereocenters. The Morgan fingerprint density at radius 3 is 2.94 bits per heavy atom. The van der Waals surface area contributed by atoms with Gasteiger partial charge in [-0.05, 0) is 31.0 Å². The second kappa shape index (κ2) is 5.52. The summed E-state index contributed by atoms with van der Waals surface area (Å²) in [7, 11) is 0. The van der Waals surface area contributed by atoms with Crippen LogP contribution in [-0.2, 0) is 13.0 Å². The molecular formula is C13H15ClN2S. The van der Waals surface area contributed by atoms with Gasteiger partial charge < -0.3 is 5.32 Å². The molecule has 0 amide bonds. The van der Waals surface area contributed by atoms with E-state index in [0.717, 1.165) is 29.4 Å². The maximum atomic E-state index is 5.97. The first-order chi connectivity index (χ1) is 8.19. The average molecular weight is 267 g/mol. The van der Waals surface area contributed by atoms with Gasteiger partial charge in [-0.2, -0.15) is 0 Å². The lowest BCUT2D eigenvalue weighted by molar-refractivity contribution is 1.01. The van der Waals surface area contributed by atoms with Crippen LogP contribution >= 0.6 is 22.9 Å². The van der Waals surface area contributed by atoms with Crippen LogP contribution in [0.3, 0.4) is 0 Å². The number of aromatic nitrogens is 1. The molecule has 2 aromatic rings. The Hall–Kier alpha value is -1.06. The third kappa shape index (κ3) is 3.20. The fourth-order valence-electron chi connectivity index (χ4n) is 1.56. The van der Waals surface area contributed by atoms with Gasteiger partial charge in [0.25, 0.3) is 0 Å². The predicted octanol–water partition coefficient (Wildman–Crippen LogP) is 4.28. The lowest BCUT2D eigenvalue weighted by Crippen LogP contribution is -2.01. The van der Waals surface area contributed by atoms with Crippen LogP contribution in [0.5, 0.6) is 0 Å². The van der Waals surface area contributed by atoms with Crippen molar-refractivity contribution in [2.75, 3.05) is 5.32 Å². The summed E-state index contributed by atoms with van der Waals surface area (Å²) in [5.74, 6) is 0. The van der Waals surface area contributed by atoms with E-state index in [9.17, 15) is 0 Å². The number of halogens is 1. The van der Waals surface area contributed by atoms with Crippen LogP contribution in [0.2, 0.25) is 5.02 Å². The Labute approximate surface area is 111 Å². The quantitative estimate of drug-likeness (QED) is 0.893. The monoisotopic (exact) mass is 266 g/mol. The topological polar surface area (TPSA) is 24.9 Å². The van der Waals surface area contributed by atoms with Gasteiger partial charge in [0, 0.05) is 16.1 Å². The van der Waals surface area contributed by atoms with Crippen LogP contribution in [-0.4, -0.2) is 4.98 Å². The number of anilines is 1. The summed E-state index contributed by atoms with van der Waals surface area (Å²) in [6, 6.07) is 5.87. The molecule has 0 fully saturated rings. The SMILES string of the molecule is CCc1nc(CNc2cc(Cl)ccc2C)cs1. The zero-order chi connectivity index (χ0) is 12.3. The van der Waals surface area contributed by atoms with E-state index in [0.29, 0.717) is 0 Å². The summed E-state index contributed by atoms with van der Waals surface area (Å²) in [5.41, 5.74) is 3.36. The summed E-state index contributed by atoms with van der Waals surface area (Å²) < 4.78 is 0. The van der Waals surface area contributed by atoms with Crippen molar-refractivity contribution in [2.45, 2.75) is 26.8 Å². The molecule has 0 radical (unpaired) electrons. The van der Waals surface area contributed by atoms with E-state index in [4.69, 9.17) is 11.6 Å². The number of aryl methyl sites for hydroxylation is 2. The van der Waals surface area contributed by atoms with E-state index in [1.807, 2.05) is 18.2 Å². The molecule has 0 bridgehead atoms. The normalized spacial score (nSPS) is 10.5. The first-order valence-electron chi connectivity index (χ1n) is 5.62. The number of hydrogen-bond donors (Lipinski definition) is 1. The van der Waals surface area contributed by atoms with E-state index in [1.54, 1.807) is 11.3 Å². The minimum atomic E-state index is 0.748. The maximum absolute atomic E-state index is 5.97. The summed E-state index contributed by atoms with van der Waals surface area (Å²) >= 11 is 7.69. The maximum Gasteiger partial charge on any atom is 0.0926 e. The fourth-order valence-corrected chi connectivity index (χ4v) is 2.48. The molecule has 90 valence electrons. The van der Waals surface area contributed by atoms with Crippen molar-refractivity contribution < 1.29 is 0 Å². The van der Waals surface area contributed by atoms with E-state index >= 15 is 0 Å². The number of thiazole rings is 1. The summed E-state index contributed by atoms with van der Waals surface area (Å²) in [6.45, 7) is 4.94. The second-order valence-corrected chi connectivity index (χ2v) is 5.28. The predicted molar refractivity (Wildman–Crippen MR) is 75.0 cm³/mol. The van der Waals surface area contributed by atoms with Crippen LogP contribution in [0.25, 0.3) is 0 Å². The third-order valence-corrected chi connectivity index (χ3v) is 3.84. The van der Waals surface area contributed by atoms with Crippen molar-refractivity contribution in [3.05, 3.63) is 44.9 Å². The highest BCUT2D eigenvalue weighted by molar-refractivity contribution is 7.09. The van der Waals surface area contributed by atoms with Crippen molar-refractivity contribution in [1.82, 2.24) is 4.98 Å². The molecular weight excluding hydrogens is 252 g/mol. The molecule has 0 saturated heterocycles. The molecule has 0 unspecified atom stereocenters. The Morgan fingerprint density at radius 2 is 2.24 bits per heavy atom. The third-order valence-electron chi connectivity index (χ3n) is 2.56. The van der Waals surface area contributed by atoms with Crippen LogP contribution in [0.15, 0.2) is 23.6 Å². The number of benzene rings is 1. The highest BCUT2D eigenvalue weighted by Gasteiger charge is 2.02. The standard InChI is InChI=1S/C13H15ClN2S/c1-3-13-16-11(8-17-13)7-15-12-6-10(14)5-4-9(12)2/h4-6,8,15H,3,7H2,1-2H3. The van der Waals surface area contributed by atoms with Gasteiger partial charge in [0.2, 0.25) is 0 Å². The number of hydrogen-bond acceptors (Lipinski definition) is 3. The first kappa shape index (κ1) is 12.4. The first-order valence-corrected chi connectivity index (χ1v) is 6.88. The largest absolute Gasteiger partial charge is 0.379 e. The number of nitrogens with one attached hydrogen (secondary N) is 1. The van der Waals surface area contributed by atoms with Gasteiger partial charge in [0.1, 0.15) is 0 Å². The van der Waals surface area contributed by atoms with Crippen LogP contribution < -0.4 is 5.32 Å². The molecule has 2 nitrogen and oxygen atoms in total. The number of nitrogens with zero attached hydrogens (tertiary/aromatic N) is 1.